The topological polar surface area (TPSA) is 92.5 Å². The molecule has 4 N–H and O–H groups in total. The molecule has 0 saturated carbocycles. The van der Waals surface area contributed by atoms with Crippen LogP contribution >= 0.6 is 0 Å². The summed E-state index contributed by atoms with van der Waals surface area (Å²) in [4.78, 5) is 15.5. The van der Waals surface area contributed by atoms with Gasteiger partial charge in [0.05, 0.1) is 6.33 Å². The number of benzene rings is 1. The van der Waals surface area contributed by atoms with Crippen molar-refractivity contribution in [3.05, 3.63) is 41.7 Å². The van der Waals surface area contributed by atoms with Crippen molar-refractivity contribution in [2.24, 2.45) is 0 Å². The summed E-state index contributed by atoms with van der Waals surface area (Å²) in [6, 6.07) is 8.54. The fourth-order valence-corrected chi connectivity index (χ4v) is 2.74. The monoisotopic (exact) mass is 266 g/mol. The van der Waals surface area contributed by atoms with E-state index in [-0.39, 0.29) is 5.95 Å². The first kappa shape index (κ1) is 11.2. The molecule has 100 valence electrons. The molecule has 0 radical (unpaired) electrons. The zero-order valence-electron chi connectivity index (χ0n) is 10.8. The molecule has 2 heterocycles. The number of nitrogens with zero attached hydrogens (tertiary/aromatic N) is 3. The van der Waals surface area contributed by atoms with Crippen molar-refractivity contribution in [2.45, 2.75) is 12.3 Å². The molecule has 0 saturated heterocycles. The molecule has 1 aromatic carbocycles. The molecule has 3 aromatic rings. The molecule has 0 aliphatic heterocycles. The van der Waals surface area contributed by atoms with Gasteiger partial charge in [-0.1, -0.05) is 24.3 Å². The molecule has 0 fully saturated rings. The minimum Gasteiger partial charge on any atom is -0.368 e. The van der Waals surface area contributed by atoms with Gasteiger partial charge in [-0.2, -0.15) is 9.97 Å². The molecule has 0 spiro atoms. The molecule has 2 aromatic heterocycles. The first-order chi connectivity index (χ1) is 9.81. The number of rotatable bonds is 3. The van der Waals surface area contributed by atoms with E-state index in [1.807, 2.05) is 0 Å². The van der Waals surface area contributed by atoms with Crippen LogP contribution in [0.2, 0.25) is 0 Å². The number of nitrogen functional groups attached to an aromatic ring is 1. The Bertz CT molecular complexity index is 778. The molecule has 4 rings (SSSR count). The number of anilines is 2. The van der Waals surface area contributed by atoms with Crippen LogP contribution in [0.15, 0.2) is 30.6 Å². The Morgan fingerprint density at radius 1 is 1.30 bits per heavy atom. The highest BCUT2D eigenvalue weighted by Gasteiger charge is 2.25. The summed E-state index contributed by atoms with van der Waals surface area (Å²) in [5.74, 6) is 1.48. The van der Waals surface area contributed by atoms with Gasteiger partial charge in [-0.3, -0.25) is 0 Å². The lowest BCUT2D eigenvalue weighted by molar-refractivity contribution is 0.635. The number of hydrogen-bond donors (Lipinski definition) is 3. The van der Waals surface area contributed by atoms with Crippen LogP contribution in [0.1, 0.15) is 17.0 Å². The number of aromatic nitrogens is 4. The van der Waals surface area contributed by atoms with Crippen LogP contribution in [0.4, 0.5) is 11.8 Å². The fraction of sp³-hybridized carbons (Fsp3) is 0.214. The van der Waals surface area contributed by atoms with Gasteiger partial charge in [-0.15, -0.1) is 0 Å². The van der Waals surface area contributed by atoms with E-state index in [0.717, 1.165) is 24.3 Å². The van der Waals surface area contributed by atoms with Crippen LogP contribution in [-0.4, -0.2) is 26.5 Å². The smallest absolute Gasteiger partial charge is 0.224 e. The predicted molar refractivity (Wildman–Crippen MR) is 77.5 cm³/mol. The van der Waals surface area contributed by atoms with Crippen LogP contribution in [0.3, 0.4) is 0 Å². The van der Waals surface area contributed by atoms with Crippen molar-refractivity contribution in [3.8, 4) is 0 Å². The van der Waals surface area contributed by atoms with Gasteiger partial charge >= 0.3 is 0 Å². The first-order valence-corrected chi connectivity index (χ1v) is 6.59. The molecule has 6 nitrogen and oxygen atoms in total. The van der Waals surface area contributed by atoms with E-state index >= 15 is 0 Å². The SMILES string of the molecule is Nc1nc(NCC2Cc3ccccc32)c2[nH]cnc2n1. The molecule has 0 amide bonds. The Balaban J connectivity index is 1.56. The Morgan fingerprint density at radius 3 is 3.10 bits per heavy atom. The largest absolute Gasteiger partial charge is 0.368 e. The molecule has 0 bridgehead atoms. The van der Waals surface area contributed by atoms with Gasteiger partial charge in [0, 0.05) is 12.5 Å². The van der Waals surface area contributed by atoms with Crippen LogP contribution in [0.5, 0.6) is 0 Å². The van der Waals surface area contributed by atoms with Gasteiger partial charge in [0.25, 0.3) is 0 Å². The summed E-state index contributed by atoms with van der Waals surface area (Å²) < 4.78 is 0. The third kappa shape index (κ3) is 1.69. The van der Waals surface area contributed by atoms with Crippen LogP contribution in [0, 0.1) is 0 Å². The maximum Gasteiger partial charge on any atom is 0.224 e. The highest BCUT2D eigenvalue weighted by atomic mass is 15.1. The van der Waals surface area contributed by atoms with Crippen molar-refractivity contribution in [1.82, 2.24) is 19.9 Å². The van der Waals surface area contributed by atoms with E-state index in [1.165, 1.54) is 11.1 Å². The number of H-pyrrole nitrogens is 1. The second-order valence-corrected chi connectivity index (χ2v) is 5.01. The number of hydrogen-bond acceptors (Lipinski definition) is 5. The van der Waals surface area contributed by atoms with E-state index in [2.05, 4.69) is 49.5 Å². The summed E-state index contributed by atoms with van der Waals surface area (Å²) in [5.41, 5.74) is 9.94. The van der Waals surface area contributed by atoms with E-state index in [1.54, 1.807) is 6.33 Å². The average molecular weight is 266 g/mol. The summed E-state index contributed by atoms with van der Waals surface area (Å²) in [6.45, 7) is 0.835. The highest BCUT2D eigenvalue weighted by molar-refractivity contribution is 5.83. The number of imidazole rings is 1. The lowest BCUT2D eigenvalue weighted by atomic mass is 9.77. The van der Waals surface area contributed by atoms with Crippen molar-refractivity contribution >= 4 is 22.9 Å². The van der Waals surface area contributed by atoms with E-state index in [4.69, 9.17) is 5.73 Å². The van der Waals surface area contributed by atoms with E-state index in [0.29, 0.717) is 11.6 Å². The van der Waals surface area contributed by atoms with Gasteiger partial charge < -0.3 is 16.0 Å². The number of nitrogens with one attached hydrogen (secondary N) is 2. The minimum atomic E-state index is 0.237. The molecule has 1 unspecified atom stereocenters. The number of nitrogens with two attached hydrogens (primary N) is 1. The summed E-state index contributed by atoms with van der Waals surface area (Å²) in [5, 5.41) is 3.36. The van der Waals surface area contributed by atoms with Gasteiger partial charge in [0.1, 0.15) is 5.52 Å². The summed E-state index contributed by atoms with van der Waals surface area (Å²) >= 11 is 0. The van der Waals surface area contributed by atoms with E-state index in [9.17, 15) is 0 Å². The highest BCUT2D eigenvalue weighted by Crippen LogP contribution is 2.34. The van der Waals surface area contributed by atoms with Crippen LogP contribution in [0.25, 0.3) is 11.2 Å². The Kier molecular flexibility index (Phi) is 2.35. The third-order valence-electron chi connectivity index (χ3n) is 3.78. The zero-order chi connectivity index (χ0) is 13.5. The number of fused-ring (bicyclic) bond motifs is 2. The lowest BCUT2D eigenvalue weighted by Gasteiger charge is -2.30. The van der Waals surface area contributed by atoms with Crippen LogP contribution < -0.4 is 11.1 Å². The molecular formula is C14H14N6. The Labute approximate surface area is 115 Å². The summed E-state index contributed by atoms with van der Waals surface area (Å²) in [7, 11) is 0. The fourth-order valence-electron chi connectivity index (χ4n) is 2.74. The van der Waals surface area contributed by atoms with Crippen molar-refractivity contribution in [2.75, 3.05) is 17.6 Å². The average Bonchev–Trinajstić information content (AvgIpc) is 2.87. The van der Waals surface area contributed by atoms with Crippen molar-refractivity contribution in [3.63, 3.8) is 0 Å². The van der Waals surface area contributed by atoms with Crippen molar-refractivity contribution < 1.29 is 0 Å². The molecule has 20 heavy (non-hydrogen) atoms. The van der Waals surface area contributed by atoms with Gasteiger partial charge in [0.2, 0.25) is 5.95 Å². The van der Waals surface area contributed by atoms with Gasteiger partial charge in [-0.05, 0) is 17.5 Å². The first-order valence-electron chi connectivity index (χ1n) is 6.59. The minimum absolute atomic E-state index is 0.237. The van der Waals surface area contributed by atoms with Crippen molar-refractivity contribution in [1.29, 1.82) is 0 Å². The van der Waals surface area contributed by atoms with Gasteiger partial charge in [0.15, 0.2) is 11.5 Å². The van der Waals surface area contributed by atoms with Gasteiger partial charge in [-0.25, -0.2) is 4.98 Å². The standard InChI is InChI=1S/C14H14N6/c15-14-19-12(11-13(20-14)18-7-17-11)16-6-9-5-8-3-1-2-4-10(8)9/h1-4,7,9H,5-6H2,(H4,15,16,17,18,19,20). The maximum absolute atomic E-state index is 5.70. The predicted octanol–water partition coefficient (Wildman–Crippen LogP) is 1.69. The lowest BCUT2D eigenvalue weighted by Crippen LogP contribution is -2.24. The Hall–Kier alpha value is -2.63. The maximum atomic E-state index is 5.70. The normalized spacial score (nSPS) is 16.7. The molecular weight excluding hydrogens is 252 g/mol. The number of aromatic amines is 1. The quantitative estimate of drug-likeness (QED) is 0.671. The zero-order valence-corrected chi connectivity index (χ0v) is 10.8. The molecule has 1 aliphatic rings. The second kappa shape index (κ2) is 4.19. The van der Waals surface area contributed by atoms with Crippen LogP contribution in [-0.2, 0) is 6.42 Å². The molecule has 1 aliphatic carbocycles. The third-order valence-corrected chi connectivity index (χ3v) is 3.78. The molecule has 1 atom stereocenters. The van der Waals surface area contributed by atoms with E-state index < -0.39 is 0 Å². The molecule has 6 heteroatoms. The second-order valence-electron chi connectivity index (χ2n) is 5.01. The summed E-state index contributed by atoms with van der Waals surface area (Å²) in [6.07, 6.45) is 2.71. The Morgan fingerprint density at radius 2 is 2.20 bits per heavy atom.